The van der Waals surface area contributed by atoms with E-state index >= 15 is 0 Å². The van der Waals surface area contributed by atoms with Gasteiger partial charge in [-0.05, 0) is 12.1 Å². The second-order valence-corrected chi connectivity index (χ2v) is 4.90. The molecule has 2 aromatic rings. The van der Waals surface area contributed by atoms with Gasteiger partial charge >= 0.3 is 0 Å². The molecule has 0 N–H and O–H groups in total. The highest BCUT2D eigenvalue weighted by molar-refractivity contribution is 6.16. The molecule has 0 bridgehead atoms. The van der Waals surface area contributed by atoms with Gasteiger partial charge in [0.2, 0.25) is 6.79 Å². The molecule has 0 unspecified atom stereocenters. The van der Waals surface area contributed by atoms with Gasteiger partial charge in [0.1, 0.15) is 5.82 Å². The summed E-state index contributed by atoms with van der Waals surface area (Å²) in [6, 6.07) is 5.77. The molecule has 1 aromatic heterocycles. The summed E-state index contributed by atoms with van der Waals surface area (Å²) in [7, 11) is 0. The van der Waals surface area contributed by atoms with Gasteiger partial charge in [-0.2, -0.15) is 0 Å². The van der Waals surface area contributed by atoms with Crippen molar-refractivity contribution in [3.63, 3.8) is 0 Å². The first kappa shape index (κ1) is 12.3. The van der Waals surface area contributed by atoms with E-state index in [0.29, 0.717) is 5.88 Å². The van der Waals surface area contributed by atoms with Gasteiger partial charge in [-0.3, -0.25) is 4.57 Å². The second-order valence-electron chi connectivity index (χ2n) is 4.64. The van der Waals surface area contributed by atoms with Crippen LogP contribution < -0.4 is 9.47 Å². The molecule has 0 atom stereocenters. The first-order chi connectivity index (χ1) is 9.20. The van der Waals surface area contributed by atoms with Crippen molar-refractivity contribution < 1.29 is 9.47 Å². The summed E-state index contributed by atoms with van der Waals surface area (Å²) in [5, 5.41) is 8.35. The minimum absolute atomic E-state index is 0.259. The summed E-state index contributed by atoms with van der Waals surface area (Å²) in [5.41, 5.74) is 0.939. The van der Waals surface area contributed by atoms with Gasteiger partial charge in [0.15, 0.2) is 17.3 Å². The highest BCUT2D eigenvalue weighted by atomic mass is 35.5. The van der Waals surface area contributed by atoms with Gasteiger partial charge in [-0.1, -0.05) is 13.8 Å². The molecular weight excluding hydrogens is 266 g/mol. The van der Waals surface area contributed by atoms with E-state index in [1.165, 1.54) is 0 Å². The summed E-state index contributed by atoms with van der Waals surface area (Å²) in [6.07, 6.45) is 0. The molecule has 1 aliphatic rings. The quantitative estimate of drug-likeness (QED) is 0.811. The maximum absolute atomic E-state index is 5.94. The molecule has 0 aliphatic carbocycles. The number of hydrogen-bond donors (Lipinski definition) is 0. The molecule has 100 valence electrons. The van der Waals surface area contributed by atoms with Crippen molar-refractivity contribution in [2.75, 3.05) is 6.79 Å². The van der Waals surface area contributed by atoms with Crippen LogP contribution in [0.4, 0.5) is 0 Å². The molecule has 1 aliphatic heterocycles. The monoisotopic (exact) mass is 279 g/mol. The average Bonchev–Trinajstić information content (AvgIpc) is 3.03. The molecule has 3 rings (SSSR count). The lowest BCUT2D eigenvalue weighted by molar-refractivity contribution is 0.174. The zero-order valence-electron chi connectivity index (χ0n) is 10.8. The van der Waals surface area contributed by atoms with E-state index in [4.69, 9.17) is 21.1 Å². The van der Waals surface area contributed by atoms with E-state index in [2.05, 4.69) is 24.0 Å². The van der Waals surface area contributed by atoms with Crippen LogP contribution in [0.3, 0.4) is 0 Å². The lowest BCUT2D eigenvalue weighted by atomic mass is 10.2. The van der Waals surface area contributed by atoms with Crippen LogP contribution in [0.15, 0.2) is 18.2 Å². The first-order valence-corrected chi connectivity index (χ1v) is 6.64. The second kappa shape index (κ2) is 4.74. The van der Waals surface area contributed by atoms with Crippen molar-refractivity contribution in [1.29, 1.82) is 0 Å². The average molecular weight is 280 g/mol. The Labute approximate surface area is 116 Å². The Balaban J connectivity index is 2.13. The molecule has 6 heteroatoms. The zero-order chi connectivity index (χ0) is 13.4. The predicted octanol–water partition coefficient (Wildman–Crippen LogP) is 2.86. The van der Waals surface area contributed by atoms with E-state index in [0.717, 1.165) is 28.8 Å². The van der Waals surface area contributed by atoms with Gasteiger partial charge in [0.05, 0.1) is 11.6 Å². The van der Waals surface area contributed by atoms with Crippen molar-refractivity contribution in [1.82, 2.24) is 14.8 Å². The summed E-state index contributed by atoms with van der Waals surface area (Å²) < 4.78 is 12.7. The van der Waals surface area contributed by atoms with Crippen LogP contribution in [0, 0.1) is 0 Å². The molecule has 2 heterocycles. The molecule has 19 heavy (non-hydrogen) atoms. The Morgan fingerprint density at radius 1 is 1.26 bits per heavy atom. The van der Waals surface area contributed by atoms with Gasteiger partial charge in [0, 0.05) is 12.0 Å². The number of alkyl halides is 1. The van der Waals surface area contributed by atoms with Crippen LogP contribution in [0.2, 0.25) is 0 Å². The highest BCUT2D eigenvalue weighted by Gasteiger charge is 2.19. The van der Waals surface area contributed by atoms with Gasteiger partial charge in [0.25, 0.3) is 0 Å². The standard InChI is InChI=1S/C13H14ClN3O2/c1-8(2)13-16-15-12(6-14)17(13)9-3-4-10-11(5-9)19-7-18-10/h3-5,8H,6-7H2,1-2H3. The Kier molecular flexibility index (Phi) is 3.06. The molecule has 1 aromatic carbocycles. The predicted molar refractivity (Wildman–Crippen MR) is 71.1 cm³/mol. The summed E-state index contributed by atoms with van der Waals surface area (Å²) in [6.45, 7) is 4.41. The Bertz CT molecular complexity index is 610. The third-order valence-corrected chi connectivity index (χ3v) is 3.24. The minimum atomic E-state index is 0.259. The molecule has 0 saturated heterocycles. The number of hydrogen-bond acceptors (Lipinski definition) is 4. The van der Waals surface area contributed by atoms with Crippen LogP contribution in [0.1, 0.15) is 31.4 Å². The normalized spacial score (nSPS) is 13.3. The lowest BCUT2D eigenvalue weighted by Crippen LogP contribution is -2.06. The number of ether oxygens (including phenoxy) is 2. The minimum Gasteiger partial charge on any atom is -0.454 e. The fourth-order valence-electron chi connectivity index (χ4n) is 2.10. The third kappa shape index (κ3) is 2.04. The van der Waals surface area contributed by atoms with E-state index in [9.17, 15) is 0 Å². The maximum Gasteiger partial charge on any atom is 0.231 e. The smallest absolute Gasteiger partial charge is 0.231 e. The molecule has 0 radical (unpaired) electrons. The fraction of sp³-hybridized carbons (Fsp3) is 0.385. The molecule has 0 amide bonds. The largest absolute Gasteiger partial charge is 0.454 e. The molecule has 0 fully saturated rings. The number of aromatic nitrogens is 3. The number of rotatable bonds is 3. The van der Waals surface area contributed by atoms with E-state index in [-0.39, 0.29) is 12.7 Å². The lowest BCUT2D eigenvalue weighted by Gasteiger charge is -2.11. The zero-order valence-corrected chi connectivity index (χ0v) is 11.5. The Morgan fingerprint density at radius 3 is 2.79 bits per heavy atom. The van der Waals surface area contributed by atoms with E-state index < -0.39 is 0 Å². The highest BCUT2D eigenvalue weighted by Crippen LogP contribution is 2.34. The van der Waals surface area contributed by atoms with Crippen LogP contribution in [0.5, 0.6) is 11.5 Å². The van der Waals surface area contributed by atoms with Crippen molar-refractivity contribution >= 4 is 11.6 Å². The molecule has 5 nitrogen and oxygen atoms in total. The topological polar surface area (TPSA) is 49.2 Å². The summed E-state index contributed by atoms with van der Waals surface area (Å²) in [5.74, 6) is 3.68. The van der Waals surface area contributed by atoms with Gasteiger partial charge < -0.3 is 9.47 Å². The molecule has 0 spiro atoms. The SMILES string of the molecule is CC(C)c1nnc(CCl)n1-c1ccc2c(c1)OCO2. The molecule has 0 saturated carbocycles. The Hall–Kier alpha value is -1.75. The van der Waals surface area contributed by atoms with Crippen LogP contribution in [-0.2, 0) is 5.88 Å². The van der Waals surface area contributed by atoms with E-state index in [1.807, 2.05) is 22.8 Å². The van der Waals surface area contributed by atoms with Crippen molar-refractivity contribution in [2.24, 2.45) is 0 Å². The first-order valence-electron chi connectivity index (χ1n) is 6.11. The van der Waals surface area contributed by atoms with Crippen molar-refractivity contribution in [2.45, 2.75) is 25.6 Å². The summed E-state index contributed by atoms with van der Waals surface area (Å²) >= 11 is 5.94. The number of halogens is 1. The van der Waals surface area contributed by atoms with Gasteiger partial charge in [-0.15, -0.1) is 21.8 Å². The van der Waals surface area contributed by atoms with Crippen molar-refractivity contribution in [3.05, 3.63) is 29.8 Å². The van der Waals surface area contributed by atoms with Crippen LogP contribution in [-0.4, -0.2) is 21.6 Å². The number of benzene rings is 1. The third-order valence-electron chi connectivity index (χ3n) is 3.01. The van der Waals surface area contributed by atoms with Crippen molar-refractivity contribution in [3.8, 4) is 17.2 Å². The number of fused-ring (bicyclic) bond motifs is 1. The maximum atomic E-state index is 5.94. The van der Waals surface area contributed by atoms with Crippen LogP contribution in [0.25, 0.3) is 5.69 Å². The fourth-order valence-corrected chi connectivity index (χ4v) is 2.27. The summed E-state index contributed by atoms with van der Waals surface area (Å²) in [4.78, 5) is 0. The van der Waals surface area contributed by atoms with Crippen LogP contribution >= 0.6 is 11.6 Å². The van der Waals surface area contributed by atoms with E-state index in [1.54, 1.807) is 0 Å². The Morgan fingerprint density at radius 2 is 2.05 bits per heavy atom. The van der Waals surface area contributed by atoms with Gasteiger partial charge in [-0.25, -0.2) is 0 Å². The number of nitrogens with zero attached hydrogens (tertiary/aromatic N) is 3. The molecular formula is C13H14ClN3O2.